The molecule has 156 valence electrons. The molecule has 6 nitrogen and oxygen atoms in total. The Hall–Kier alpha value is -1.26. The molecule has 0 aromatic heterocycles. The molecule has 0 saturated carbocycles. The number of para-hydroxylation sites is 1. The van der Waals surface area contributed by atoms with Crippen molar-refractivity contribution in [3.05, 3.63) is 30.3 Å². The molecule has 0 saturated heterocycles. The number of phosphoric acid groups is 1. The Morgan fingerprint density at radius 3 is 2.07 bits per heavy atom. The van der Waals surface area contributed by atoms with Gasteiger partial charge in [-0.05, 0) is 18.6 Å². The summed E-state index contributed by atoms with van der Waals surface area (Å²) < 4.78 is 88.6. The van der Waals surface area contributed by atoms with E-state index in [2.05, 4.69) is 14.3 Å². The molecule has 0 heterocycles. The third-order valence-electron chi connectivity index (χ3n) is 3.58. The maximum atomic E-state index is 14.4. The molecule has 0 aliphatic heterocycles. The zero-order valence-electron chi connectivity index (χ0n) is 14.3. The van der Waals surface area contributed by atoms with E-state index in [0.29, 0.717) is 12.8 Å². The second-order valence-electron chi connectivity index (χ2n) is 5.72. The average molecular weight is 422 g/mol. The maximum Gasteiger partial charge on any atom is 0.497 e. The van der Waals surface area contributed by atoms with Gasteiger partial charge in [0.05, 0.1) is 0 Å². The van der Waals surface area contributed by atoms with Gasteiger partial charge in [0.25, 0.3) is 5.60 Å². The van der Waals surface area contributed by atoms with Crippen LogP contribution in [0, 0.1) is 0 Å². The van der Waals surface area contributed by atoms with Crippen LogP contribution in [-0.4, -0.2) is 27.7 Å². The van der Waals surface area contributed by atoms with E-state index in [9.17, 15) is 26.5 Å². The quantitative estimate of drug-likeness (QED) is 0.172. The summed E-state index contributed by atoms with van der Waals surface area (Å²) in [5.41, 5.74) is -4.22. The third-order valence-corrected chi connectivity index (χ3v) is 3.85. The van der Waals surface area contributed by atoms with E-state index in [1.54, 1.807) is 6.92 Å². The summed E-state index contributed by atoms with van der Waals surface area (Å²) in [6.45, 7) is 1.78. The Kier molecular flexibility index (Phi) is 8.18. The SMILES string of the molecule is CCCCCCC(Oc1ccccc1)(C(F)(F)F)C(F)(F)OOP(=O)(O)O. The van der Waals surface area contributed by atoms with E-state index in [0.717, 1.165) is 12.1 Å². The van der Waals surface area contributed by atoms with E-state index < -0.39 is 37.9 Å². The Bertz CT molecular complexity index is 621. The van der Waals surface area contributed by atoms with Gasteiger partial charge in [0.15, 0.2) is 0 Å². The molecular formula is C15H20F5O6P. The van der Waals surface area contributed by atoms with Crippen molar-refractivity contribution < 1.29 is 50.6 Å². The smallest absolute Gasteiger partial charge is 0.468 e. The molecule has 0 spiro atoms. The van der Waals surface area contributed by atoms with Gasteiger partial charge < -0.3 is 14.5 Å². The fraction of sp³-hybridized carbons (Fsp3) is 0.600. The van der Waals surface area contributed by atoms with Gasteiger partial charge in [-0.1, -0.05) is 44.4 Å². The van der Waals surface area contributed by atoms with E-state index in [1.807, 2.05) is 0 Å². The summed E-state index contributed by atoms with van der Waals surface area (Å²) in [5.74, 6) is -0.523. The van der Waals surface area contributed by atoms with Crippen molar-refractivity contribution in [2.45, 2.75) is 56.9 Å². The average Bonchev–Trinajstić information content (AvgIpc) is 2.55. The van der Waals surface area contributed by atoms with E-state index >= 15 is 0 Å². The Morgan fingerprint density at radius 1 is 1.00 bits per heavy atom. The first kappa shape index (κ1) is 23.8. The zero-order valence-corrected chi connectivity index (χ0v) is 15.2. The molecule has 1 aromatic carbocycles. The summed E-state index contributed by atoms with van der Waals surface area (Å²) in [4.78, 5) is 20.3. The van der Waals surface area contributed by atoms with Gasteiger partial charge in [-0.3, -0.25) is 0 Å². The molecule has 0 aliphatic carbocycles. The molecule has 1 rings (SSSR count). The van der Waals surface area contributed by atoms with Crippen molar-refractivity contribution in [1.82, 2.24) is 0 Å². The first-order chi connectivity index (χ1) is 12.3. The predicted molar refractivity (Wildman–Crippen MR) is 83.8 cm³/mol. The molecule has 1 unspecified atom stereocenters. The lowest BCUT2D eigenvalue weighted by Crippen LogP contribution is -2.63. The lowest BCUT2D eigenvalue weighted by atomic mass is 9.93. The van der Waals surface area contributed by atoms with Gasteiger partial charge in [-0.2, -0.15) is 22.0 Å². The number of rotatable bonds is 11. The van der Waals surface area contributed by atoms with Crippen LogP contribution in [0.3, 0.4) is 0 Å². The molecular weight excluding hydrogens is 402 g/mol. The molecule has 2 N–H and O–H groups in total. The molecule has 1 atom stereocenters. The number of hydrogen-bond donors (Lipinski definition) is 2. The van der Waals surface area contributed by atoms with Gasteiger partial charge in [-0.25, -0.2) is 4.57 Å². The molecule has 0 radical (unpaired) electrons. The number of benzene rings is 1. The van der Waals surface area contributed by atoms with Gasteiger partial charge in [-0.15, -0.1) is 9.56 Å². The summed E-state index contributed by atoms with van der Waals surface area (Å²) in [6, 6.07) is 6.06. The summed E-state index contributed by atoms with van der Waals surface area (Å²) >= 11 is 0. The standard InChI is InChI=1S/C15H20F5O6P/c1-2-3-4-8-11-13(14(16,17)18,24-12-9-6-5-7-10-12)15(19,20)25-26-27(21,22)23/h5-7,9-10H,2-4,8,11H2,1H3,(H2,21,22,23). The van der Waals surface area contributed by atoms with Crippen LogP contribution in [0.5, 0.6) is 5.75 Å². The summed E-state index contributed by atoms with van der Waals surface area (Å²) in [7, 11) is -5.63. The van der Waals surface area contributed by atoms with Crippen molar-refractivity contribution in [3.8, 4) is 5.75 Å². The van der Waals surface area contributed by atoms with Crippen LogP contribution in [-0.2, 0) is 14.1 Å². The minimum atomic E-state index is -5.66. The second kappa shape index (κ2) is 9.29. The maximum absolute atomic E-state index is 14.4. The van der Waals surface area contributed by atoms with Crippen LogP contribution in [0.4, 0.5) is 22.0 Å². The van der Waals surface area contributed by atoms with Gasteiger partial charge in [0.1, 0.15) is 5.75 Å². The molecule has 12 heteroatoms. The van der Waals surface area contributed by atoms with Gasteiger partial charge in [0.2, 0.25) is 0 Å². The van der Waals surface area contributed by atoms with Crippen molar-refractivity contribution in [2.24, 2.45) is 0 Å². The fourth-order valence-corrected chi connectivity index (χ4v) is 2.46. The predicted octanol–water partition coefficient (Wildman–Crippen LogP) is 4.97. The number of alkyl halides is 5. The largest absolute Gasteiger partial charge is 0.497 e. The fourth-order valence-electron chi connectivity index (χ4n) is 2.27. The number of unbranched alkanes of at least 4 members (excludes halogenated alkanes) is 3. The monoisotopic (exact) mass is 422 g/mol. The first-order valence-corrected chi connectivity index (χ1v) is 9.49. The summed E-state index contributed by atoms with van der Waals surface area (Å²) in [6.07, 6.45) is -11.1. The molecule has 0 fully saturated rings. The Balaban J connectivity index is 3.29. The van der Waals surface area contributed by atoms with Crippen molar-refractivity contribution in [3.63, 3.8) is 0 Å². The minimum absolute atomic E-state index is 0.210. The molecule has 0 aliphatic rings. The highest BCUT2D eigenvalue weighted by molar-refractivity contribution is 7.46. The van der Waals surface area contributed by atoms with Crippen LogP contribution in [0.15, 0.2) is 30.3 Å². The van der Waals surface area contributed by atoms with Crippen molar-refractivity contribution in [2.75, 3.05) is 0 Å². The zero-order chi connectivity index (χ0) is 20.8. The van der Waals surface area contributed by atoms with E-state index in [-0.39, 0.29) is 12.8 Å². The second-order valence-corrected chi connectivity index (χ2v) is 6.85. The minimum Gasteiger partial charge on any atom is -0.468 e. The van der Waals surface area contributed by atoms with Crippen LogP contribution in [0.2, 0.25) is 0 Å². The highest BCUT2D eigenvalue weighted by atomic mass is 31.2. The van der Waals surface area contributed by atoms with Crippen molar-refractivity contribution in [1.29, 1.82) is 0 Å². The number of ether oxygens (including phenoxy) is 1. The third kappa shape index (κ3) is 6.69. The van der Waals surface area contributed by atoms with Crippen LogP contribution in [0.1, 0.15) is 39.0 Å². The molecule has 0 amide bonds. The molecule has 0 bridgehead atoms. The van der Waals surface area contributed by atoms with E-state index in [1.165, 1.54) is 18.2 Å². The lowest BCUT2D eigenvalue weighted by molar-refractivity contribution is -0.474. The van der Waals surface area contributed by atoms with Crippen LogP contribution < -0.4 is 4.74 Å². The first-order valence-electron chi connectivity index (χ1n) is 7.96. The summed E-state index contributed by atoms with van der Waals surface area (Å²) in [5, 5.41) is 0. The normalized spacial score (nSPS) is 15.4. The van der Waals surface area contributed by atoms with Crippen LogP contribution in [0.25, 0.3) is 0 Å². The van der Waals surface area contributed by atoms with Crippen molar-refractivity contribution >= 4 is 7.82 Å². The number of hydrogen-bond acceptors (Lipinski definition) is 4. The highest BCUT2D eigenvalue weighted by Crippen LogP contribution is 2.51. The molecule has 27 heavy (non-hydrogen) atoms. The lowest BCUT2D eigenvalue weighted by Gasteiger charge is -2.39. The Labute approximate surface area is 152 Å². The molecule has 1 aromatic rings. The topological polar surface area (TPSA) is 85.2 Å². The van der Waals surface area contributed by atoms with Gasteiger partial charge in [0, 0.05) is 6.42 Å². The highest BCUT2D eigenvalue weighted by Gasteiger charge is 2.74. The number of halogens is 5. The Morgan fingerprint density at radius 2 is 1.59 bits per heavy atom. The van der Waals surface area contributed by atoms with Gasteiger partial charge >= 0.3 is 20.1 Å². The van der Waals surface area contributed by atoms with Crippen LogP contribution >= 0.6 is 7.82 Å². The van der Waals surface area contributed by atoms with E-state index in [4.69, 9.17) is 9.79 Å².